The Morgan fingerprint density at radius 1 is 1.24 bits per heavy atom. The van der Waals surface area contributed by atoms with Gasteiger partial charge in [0.15, 0.2) is 0 Å². The summed E-state index contributed by atoms with van der Waals surface area (Å²) in [6, 6.07) is 14.5. The van der Waals surface area contributed by atoms with Gasteiger partial charge in [0.1, 0.15) is 5.82 Å². The van der Waals surface area contributed by atoms with Crippen molar-refractivity contribution < 1.29 is 9.18 Å². The molecular weight excluding hydrogens is 269 g/mol. The van der Waals surface area contributed by atoms with E-state index in [1.807, 2.05) is 6.07 Å². The van der Waals surface area contributed by atoms with Gasteiger partial charge in [0, 0.05) is 24.8 Å². The van der Waals surface area contributed by atoms with Crippen molar-refractivity contribution in [1.82, 2.24) is 4.90 Å². The van der Waals surface area contributed by atoms with Crippen LogP contribution in [0.2, 0.25) is 0 Å². The zero-order valence-electron chi connectivity index (χ0n) is 11.5. The smallest absolute Gasteiger partial charge is 0.321 e. The molecule has 0 aromatic heterocycles. The summed E-state index contributed by atoms with van der Waals surface area (Å²) in [6.07, 6.45) is 0. The van der Waals surface area contributed by atoms with Crippen molar-refractivity contribution >= 4 is 11.7 Å². The number of amides is 2. The number of nitriles is 1. The van der Waals surface area contributed by atoms with Crippen molar-refractivity contribution in [2.75, 3.05) is 12.4 Å². The highest BCUT2D eigenvalue weighted by Gasteiger charge is 2.11. The number of hydrogen-bond donors (Lipinski definition) is 1. The van der Waals surface area contributed by atoms with Gasteiger partial charge in [-0.25, -0.2) is 9.18 Å². The lowest BCUT2D eigenvalue weighted by Crippen LogP contribution is -2.31. The van der Waals surface area contributed by atoms with E-state index in [2.05, 4.69) is 5.32 Å². The SMILES string of the molecule is CN(Cc1ccccc1F)C(=O)Nc1ccc(C#N)cc1. The van der Waals surface area contributed by atoms with Crippen LogP contribution in [0.4, 0.5) is 14.9 Å². The minimum Gasteiger partial charge on any atom is -0.323 e. The lowest BCUT2D eigenvalue weighted by Gasteiger charge is -2.18. The van der Waals surface area contributed by atoms with Gasteiger partial charge in [0.2, 0.25) is 0 Å². The Morgan fingerprint density at radius 3 is 2.52 bits per heavy atom. The number of carbonyl (C=O) groups excluding carboxylic acids is 1. The molecule has 0 aliphatic rings. The molecule has 0 heterocycles. The van der Waals surface area contributed by atoms with Crippen molar-refractivity contribution in [3.05, 3.63) is 65.5 Å². The fourth-order valence-corrected chi connectivity index (χ4v) is 1.80. The van der Waals surface area contributed by atoms with Gasteiger partial charge in [-0.05, 0) is 30.3 Å². The molecule has 0 aliphatic heterocycles. The van der Waals surface area contributed by atoms with E-state index in [9.17, 15) is 9.18 Å². The average Bonchev–Trinajstić information content (AvgIpc) is 2.50. The van der Waals surface area contributed by atoms with Gasteiger partial charge in [0.25, 0.3) is 0 Å². The maximum absolute atomic E-state index is 13.5. The molecule has 21 heavy (non-hydrogen) atoms. The lowest BCUT2D eigenvalue weighted by molar-refractivity contribution is 0.220. The number of carbonyl (C=O) groups is 1. The molecule has 5 heteroatoms. The number of nitrogens with zero attached hydrogens (tertiary/aromatic N) is 2. The minimum absolute atomic E-state index is 0.175. The summed E-state index contributed by atoms with van der Waals surface area (Å²) in [7, 11) is 1.59. The van der Waals surface area contributed by atoms with Crippen LogP contribution in [0.25, 0.3) is 0 Å². The molecule has 2 aromatic rings. The molecule has 1 N–H and O–H groups in total. The summed E-state index contributed by atoms with van der Waals surface area (Å²) >= 11 is 0. The van der Waals surface area contributed by atoms with Crippen LogP contribution >= 0.6 is 0 Å². The van der Waals surface area contributed by atoms with Crippen LogP contribution in [0.3, 0.4) is 0 Å². The third-order valence-electron chi connectivity index (χ3n) is 2.98. The normalized spacial score (nSPS) is 9.76. The molecule has 0 saturated heterocycles. The Kier molecular flexibility index (Phi) is 4.52. The van der Waals surface area contributed by atoms with E-state index >= 15 is 0 Å². The summed E-state index contributed by atoms with van der Waals surface area (Å²) in [5.74, 6) is -0.337. The Bertz CT molecular complexity index is 677. The van der Waals surface area contributed by atoms with E-state index in [1.165, 1.54) is 11.0 Å². The number of benzene rings is 2. The molecule has 106 valence electrons. The van der Waals surface area contributed by atoms with E-state index in [4.69, 9.17) is 5.26 Å². The van der Waals surface area contributed by atoms with Gasteiger partial charge in [-0.1, -0.05) is 18.2 Å². The first kappa shape index (κ1) is 14.5. The first-order chi connectivity index (χ1) is 10.1. The van der Waals surface area contributed by atoms with E-state index < -0.39 is 0 Å². The zero-order valence-corrected chi connectivity index (χ0v) is 11.5. The summed E-state index contributed by atoms with van der Waals surface area (Å²) in [5, 5.41) is 11.4. The Morgan fingerprint density at radius 2 is 1.90 bits per heavy atom. The third-order valence-corrected chi connectivity index (χ3v) is 2.98. The molecule has 4 nitrogen and oxygen atoms in total. The predicted octanol–water partition coefficient (Wildman–Crippen LogP) is 3.36. The topological polar surface area (TPSA) is 56.1 Å². The second-order valence-corrected chi connectivity index (χ2v) is 4.57. The quantitative estimate of drug-likeness (QED) is 0.939. The summed E-state index contributed by atoms with van der Waals surface area (Å²) in [5.41, 5.74) is 1.56. The molecule has 0 saturated carbocycles. The molecule has 2 amide bonds. The van der Waals surface area contributed by atoms with Crippen LogP contribution in [0.5, 0.6) is 0 Å². The maximum atomic E-state index is 13.5. The standard InChI is InChI=1S/C16H14FN3O/c1-20(11-13-4-2-3-5-15(13)17)16(21)19-14-8-6-12(10-18)7-9-14/h2-9H,11H2,1H3,(H,19,21). The van der Waals surface area contributed by atoms with Gasteiger partial charge < -0.3 is 10.2 Å². The third kappa shape index (κ3) is 3.80. The second-order valence-electron chi connectivity index (χ2n) is 4.57. The highest BCUT2D eigenvalue weighted by molar-refractivity contribution is 5.89. The van der Waals surface area contributed by atoms with Gasteiger partial charge in [-0.3, -0.25) is 0 Å². The second kappa shape index (κ2) is 6.53. The van der Waals surface area contributed by atoms with Gasteiger partial charge in [-0.2, -0.15) is 5.26 Å². The van der Waals surface area contributed by atoms with Crippen molar-refractivity contribution in [2.24, 2.45) is 0 Å². The highest BCUT2D eigenvalue weighted by Crippen LogP contribution is 2.12. The molecule has 0 atom stereocenters. The Labute approximate surface area is 122 Å². The molecule has 0 spiro atoms. The first-order valence-electron chi connectivity index (χ1n) is 6.36. The van der Waals surface area contributed by atoms with Crippen molar-refractivity contribution in [3.63, 3.8) is 0 Å². The van der Waals surface area contributed by atoms with Crippen LogP contribution in [0.1, 0.15) is 11.1 Å². The first-order valence-corrected chi connectivity index (χ1v) is 6.36. The minimum atomic E-state index is -0.344. The molecular formula is C16H14FN3O. The Hall–Kier alpha value is -2.87. The maximum Gasteiger partial charge on any atom is 0.321 e. The van der Waals surface area contributed by atoms with E-state index in [0.717, 1.165) is 0 Å². The van der Waals surface area contributed by atoms with Gasteiger partial charge >= 0.3 is 6.03 Å². The molecule has 0 radical (unpaired) electrons. The highest BCUT2D eigenvalue weighted by atomic mass is 19.1. The number of anilines is 1. The lowest BCUT2D eigenvalue weighted by atomic mass is 10.2. The van der Waals surface area contributed by atoms with Crippen molar-refractivity contribution in [3.8, 4) is 6.07 Å². The van der Waals surface area contributed by atoms with Crippen LogP contribution in [-0.2, 0) is 6.54 Å². The number of halogens is 1. The van der Waals surface area contributed by atoms with Crippen molar-refractivity contribution in [1.29, 1.82) is 5.26 Å². The van der Waals surface area contributed by atoms with Crippen LogP contribution in [0, 0.1) is 17.1 Å². The molecule has 2 rings (SSSR count). The summed E-state index contributed by atoms with van der Waals surface area (Å²) < 4.78 is 13.5. The molecule has 2 aromatic carbocycles. The molecule has 0 bridgehead atoms. The summed E-state index contributed by atoms with van der Waals surface area (Å²) in [4.78, 5) is 13.4. The monoisotopic (exact) mass is 283 g/mol. The average molecular weight is 283 g/mol. The Balaban J connectivity index is 1.99. The van der Waals surface area contributed by atoms with Gasteiger partial charge in [-0.15, -0.1) is 0 Å². The van der Waals surface area contributed by atoms with Crippen LogP contribution < -0.4 is 5.32 Å². The fraction of sp³-hybridized carbons (Fsp3) is 0.125. The fourth-order valence-electron chi connectivity index (χ4n) is 1.80. The zero-order chi connectivity index (χ0) is 15.2. The van der Waals surface area contributed by atoms with E-state index in [0.29, 0.717) is 16.8 Å². The van der Waals surface area contributed by atoms with Gasteiger partial charge in [0.05, 0.1) is 11.6 Å². The van der Waals surface area contributed by atoms with Crippen LogP contribution in [-0.4, -0.2) is 18.0 Å². The van der Waals surface area contributed by atoms with E-state index in [-0.39, 0.29) is 18.4 Å². The molecule has 0 unspecified atom stereocenters. The van der Waals surface area contributed by atoms with E-state index in [1.54, 1.807) is 49.5 Å². The number of rotatable bonds is 3. The predicted molar refractivity (Wildman–Crippen MR) is 78.0 cm³/mol. The molecule has 0 fully saturated rings. The van der Waals surface area contributed by atoms with Crippen LogP contribution in [0.15, 0.2) is 48.5 Å². The summed E-state index contributed by atoms with van der Waals surface area (Å²) in [6.45, 7) is 0.175. The van der Waals surface area contributed by atoms with Crippen molar-refractivity contribution in [2.45, 2.75) is 6.54 Å². The number of urea groups is 1. The largest absolute Gasteiger partial charge is 0.323 e. The molecule has 0 aliphatic carbocycles. The number of hydrogen-bond acceptors (Lipinski definition) is 2. The number of nitrogens with one attached hydrogen (secondary N) is 1.